The number of nitrogens with two attached hydrogens (primary N) is 1. The highest BCUT2D eigenvalue weighted by molar-refractivity contribution is 5.34. The van der Waals surface area contributed by atoms with Crippen LogP contribution < -0.4 is 5.73 Å². The van der Waals surface area contributed by atoms with Gasteiger partial charge in [0, 0.05) is 25.2 Å². The molecule has 0 bridgehead atoms. The Hall–Kier alpha value is -1.09. The van der Waals surface area contributed by atoms with Crippen molar-refractivity contribution in [1.82, 2.24) is 9.88 Å². The zero-order valence-electron chi connectivity index (χ0n) is 10.7. The van der Waals surface area contributed by atoms with Crippen molar-refractivity contribution in [1.29, 1.82) is 0 Å². The van der Waals surface area contributed by atoms with E-state index in [1.807, 2.05) is 12.1 Å². The number of pyridine rings is 1. The van der Waals surface area contributed by atoms with Gasteiger partial charge in [0.25, 0.3) is 0 Å². The minimum Gasteiger partial charge on any atom is -0.397 e. The summed E-state index contributed by atoms with van der Waals surface area (Å²) >= 11 is 0. The molecule has 17 heavy (non-hydrogen) atoms. The maximum absolute atomic E-state index is 5.63. The molecule has 3 nitrogen and oxygen atoms in total. The number of nitrogen functional groups attached to an aromatic ring is 1. The Labute approximate surface area is 104 Å². The van der Waals surface area contributed by atoms with E-state index in [2.05, 4.69) is 16.8 Å². The second-order valence-electron chi connectivity index (χ2n) is 5.05. The van der Waals surface area contributed by atoms with Crippen LogP contribution >= 0.6 is 0 Å². The highest BCUT2D eigenvalue weighted by Gasteiger charge is 2.17. The molecule has 0 aromatic carbocycles. The molecule has 0 aliphatic carbocycles. The van der Waals surface area contributed by atoms with Crippen LogP contribution in [0.3, 0.4) is 0 Å². The van der Waals surface area contributed by atoms with Gasteiger partial charge in [-0.25, -0.2) is 0 Å². The van der Waals surface area contributed by atoms with Crippen LogP contribution in [0.2, 0.25) is 0 Å². The molecule has 1 aliphatic heterocycles. The van der Waals surface area contributed by atoms with Gasteiger partial charge in [-0.15, -0.1) is 0 Å². The molecule has 0 spiro atoms. The third kappa shape index (κ3) is 3.70. The Morgan fingerprint density at radius 2 is 2.35 bits per heavy atom. The molecule has 2 heterocycles. The van der Waals surface area contributed by atoms with Gasteiger partial charge in [0.05, 0.1) is 11.9 Å². The van der Waals surface area contributed by atoms with Crippen molar-refractivity contribution in [2.75, 3.05) is 25.4 Å². The predicted octanol–water partition coefficient (Wildman–Crippen LogP) is 2.33. The number of anilines is 1. The van der Waals surface area contributed by atoms with Crippen LogP contribution in [0.4, 0.5) is 5.69 Å². The highest BCUT2D eigenvalue weighted by atomic mass is 15.1. The van der Waals surface area contributed by atoms with Crippen molar-refractivity contribution in [2.24, 2.45) is 5.92 Å². The molecule has 1 fully saturated rings. The molecule has 0 amide bonds. The monoisotopic (exact) mass is 233 g/mol. The maximum atomic E-state index is 5.63. The van der Waals surface area contributed by atoms with E-state index < -0.39 is 0 Å². The van der Waals surface area contributed by atoms with Gasteiger partial charge < -0.3 is 10.6 Å². The molecule has 94 valence electrons. The van der Waals surface area contributed by atoms with Crippen molar-refractivity contribution in [3.63, 3.8) is 0 Å². The molecule has 0 radical (unpaired) electrons. The summed E-state index contributed by atoms with van der Waals surface area (Å²) in [6.07, 6.45) is 6.87. The third-order valence-corrected chi connectivity index (χ3v) is 3.71. The molecule has 2 rings (SSSR count). The van der Waals surface area contributed by atoms with Crippen LogP contribution in [0.15, 0.2) is 18.3 Å². The van der Waals surface area contributed by atoms with Gasteiger partial charge in [-0.05, 0) is 37.4 Å². The lowest BCUT2D eigenvalue weighted by Crippen LogP contribution is -2.36. The van der Waals surface area contributed by atoms with Crippen LogP contribution in [0.5, 0.6) is 0 Å². The summed E-state index contributed by atoms with van der Waals surface area (Å²) in [6.45, 7) is 5.96. The molecule has 1 unspecified atom stereocenters. The van der Waals surface area contributed by atoms with Crippen LogP contribution in [-0.4, -0.2) is 29.5 Å². The molecule has 3 heteroatoms. The molecule has 1 aromatic heterocycles. The van der Waals surface area contributed by atoms with Gasteiger partial charge in [0.15, 0.2) is 0 Å². The van der Waals surface area contributed by atoms with Crippen LogP contribution in [-0.2, 0) is 6.42 Å². The minimum atomic E-state index is 0.748. The molecular formula is C14H23N3. The summed E-state index contributed by atoms with van der Waals surface area (Å²) in [5.74, 6) is 0.906. The van der Waals surface area contributed by atoms with Crippen molar-refractivity contribution in [2.45, 2.75) is 32.6 Å². The van der Waals surface area contributed by atoms with Crippen molar-refractivity contribution < 1.29 is 0 Å². The zero-order chi connectivity index (χ0) is 12.1. The lowest BCUT2D eigenvalue weighted by molar-refractivity contribution is 0.173. The Kier molecular flexibility index (Phi) is 4.37. The van der Waals surface area contributed by atoms with E-state index >= 15 is 0 Å². The maximum Gasteiger partial charge on any atom is 0.0501 e. The Morgan fingerprint density at radius 1 is 1.47 bits per heavy atom. The van der Waals surface area contributed by atoms with E-state index in [1.54, 1.807) is 6.20 Å². The summed E-state index contributed by atoms with van der Waals surface area (Å²) in [6, 6.07) is 3.98. The first-order valence-electron chi connectivity index (χ1n) is 6.70. The SMILES string of the molecule is CCC1CCCN(CCc2ccc(N)cn2)C1. The smallest absolute Gasteiger partial charge is 0.0501 e. The lowest BCUT2D eigenvalue weighted by atomic mass is 9.95. The molecule has 1 aromatic rings. The number of piperidine rings is 1. The second-order valence-corrected chi connectivity index (χ2v) is 5.05. The highest BCUT2D eigenvalue weighted by Crippen LogP contribution is 2.19. The number of rotatable bonds is 4. The number of hydrogen-bond donors (Lipinski definition) is 1. The third-order valence-electron chi connectivity index (χ3n) is 3.71. The van der Waals surface area contributed by atoms with Gasteiger partial charge in [-0.2, -0.15) is 0 Å². The zero-order valence-corrected chi connectivity index (χ0v) is 10.7. The van der Waals surface area contributed by atoms with Crippen molar-refractivity contribution >= 4 is 5.69 Å². The fraction of sp³-hybridized carbons (Fsp3) is 0.643. The number of hydrogen-bond acceptors (Lipinski definition) is 3. The number of nitrogens with zero attached hydrogens (tertiary/aromatic N) is 2. The van der Waals surface area contributed by atoms with Crippen molar-refractivity contribution in [3.05, 3.63) is 24.0 Å². The van der Waals surface area contributed by atoms with Gasteiger partial charge in [-0.3, -0.25) is 4.98 Å². The summed E-state index contributed by atoms with van der Waals surface area (Å²) in [4.78, 5) is 6.93. The van der Waals surface area contributed by atoms with Crippen LogP contribution in [0.1, 0.15) is 31.9 Å². The molecule has 1 saturated heterocycles. The van der Waals surface area contributed by atoms with E-state index in [-0.39, 0.29) is 0 Å². The first-order chi connectivity index (χ1) is 8.28. The standard InChI is InChI=1S/C14H23N3/c1-2-12-4-3-8-17(11-12)9-7-14-6-5-13(15)10-16-14/h5-6,10,12H,2-4,7-9,11,15H2,1H3. The average Bonchev–Trinajstić information content (AvgIpc) is 2.38. The van der Waals surface area contributed by atoms with Gasteiger partial charge in [0.1, 0.15) is 0 Å². The van der Waals surface area contributed by atoms with E-state index in [0.29, 0.717) is 0 Å². The Balaban J connectivity index is 1.79. The summed E-state index contributed by atoms with van der Waals surface area (Å²) < 4.78 is 0. The lowest BCUT2D eigenvalue weighted by Gasteiger charge is -2.32. The summed E-state index contributed by atoms with van der Waals surface area (Å²) in [5, 5.41) is 0. The van der Waals surface area contributed by atoms with E-state index in [4.69, 9.17) is 5.73 Å². The van der Waals surface area contributed by atoms with Gasteiger partial charge in [0.2, 0.25) is 0 Å². The minimum absolute atomic E-state index is 0.748. The van der Waals surface area contributed by atoms with Crippen molar-refractivity contribution in [3.8, 4) is 0 Å². The molecular weight excluding hydrogens is 210 g/mol. The van der Waals surface area contributed by atoms with E-state index in [1.165, 1.54) is 32.4 Å². The quantitative estimate of drug-likeness (QED) is 0.868. The van der Waals surface area contributed by atoms with Crippen LogP contribution in [0.25, 0.3) is 0 Å². The molecule has 0 saturated carbocycles. The van der Waals surface area contributed by atoms with Gasteiger partial charge >= 0.3 is 0 Å². The normalized spacial score (nSPS) is 21.6. The first-order valence-corrected chi connectivity index (χ1v) is 6.70. The molecule has 1 aliphatic rings. The number of aromatic nitrogens is 1. The Morgan fingerprint density at radius 3 is 3.06 bits per heavy atom. The Bertz CT molecular complexity index is 334. The topological polar surface area (TPSA) is 42.1 Å². The van der Waals surface area contributed by atoms with E-state index in [0.717, 1.165) is 30.3 Å². The average molecular weight is 233 g/mol. The summed E-state index contributed by atoms with van der Waals surface area (Å²) in [7, 11) is 0. The number of likely N-dealkylation sites (tertiary alicyclic amines) is 1. The fourth-order valence-electron chi connectivity index (χ4n) is 2.54. The fourth-order valence-corrected chi connectivity index (χ4v) is 2.54. The largest absolute Gasteiger partial charge is 0.397 e. The molecule has 1 atom stereocenters. The van der Waals surface area contributed by atoms with E-state index in [9.17, 15) is 0 Å². The first kappa shape index (κ1) is 12.4. The van der Waals surface area contributed by atoms with Crippen LogP contribution in [0, 0.1) is 5.92 Å². The predicted molar refractivity (Wildman–Crippen MR) is 71.8 cm³/mol. The second kappa shape index (κ2) is 6.01. The van der Waals surface area contributed by atoms with Gasteiger partial charge in [-0.1, -0.05) is 13.3 Å². The summed E-state index contributed by atoms with van der Waals surface area (Å²) in [5.41, 5.74) is 7.53. The molecule has 2 N–H and O–H groups in total.